The molecular weight excluding hydrogens is 519 g/mol. The molecule has 1 aliphatic heterocycles. The maximum atomic E-state index is 14.3. The van der Waals surface area contributed by atoms with Crippen molar-refractivity contribution < 1.29 is 18.3 Å². The Hall–Kier alpha value is -2.84. The molecule has 1 aromatic rings. The van der Waals surface area contributed by atoms with E-state index in [0.29, 0.717) is 36.1 Å². The molecule has 2 heterocycles. The fourth-order valence-corrected chi connectivity index (χ4v) is 3.86. The molecule has 0 bridgehead atoms. The Bertz CT molecular complexity index is 977. The Morgan fingerprint density at radius 1 is 1.23 bits per heavy atom. The van der Waals surface area contributed by atoms with E-state index in [2.05, 4.69) is 40.5 Å². The van der Waals surface area contributed by atoms with Gasteiger partial charge in [-0.2, -0.15) is 10.2 Å². The Balaban J connectivity index is 0.000000503. The van der Waals surface area contributed by atoms with Crippen LogP contribution < -0.4 is 21.3 Å². The van der Waals surface area contributed by atoms with E-state index < -0.39 is 30.2 Å². The standard InChI is InChI=1S/C18H27F3N6.C6H12O.C5H9N/c1-5-10(2)9-27-16-15(8-23-17(22)26-16)25-18(27)24-12(4)14(21)7-13(20)6-11(3)19;7-6-4-2-1-3-5-6;1-3-5(2)4-6/h6-8,10-12,18,24-25H,5,9H2,1-4H3,(H2,22,23,26);6-7H,1-5H2;5H,3H2,1-2H3/b13-6+,14-7+;;. The second-order valence-corrected chi connectivity index (χ2v) is 10.6. The van der Waals surface area contributed by atoms with Crippen LogP contribution in [0.2, 0.25) is 0 Å². The van der Waals surface area contributed by atoms with E-state index in [1.807, 2.05) is 18.7 Å². The van der Waals surface area contributed by atoms with Crippen molar-refractivity contribution in [3.8, 4) is 6.07 Å². The highest BCUT2D eigenvalue weighted by Crippen LogP contribution is 2.33. The molecule has 1 aromatic heterocycles. The van der Waals surface area contributed by atoms with Gasteiger partial charge in [0, 0.05) is 18.5 Å². The first kappa shape index (κ1) is 35.2. The van der Waals surface area contributed by atoms with Gasteiger partial charge in [0.1, 0.15) is 17.8 Å². The summed E-state index contributed by atoms with van der Waals surface area (Å²) in [5.74, 6) is -0.304. The predicted octanol–water partition coefficient (Wildman–Crippen LogP) is 6.53. The molecule has 3 rings (SSSR count). The van der Waals surface area contributed by atoms with Crippen molar-refractivity contribution >= 4 is 17.5 Å². The summed E-state index contributed by atoms with van der Waals surface area (Å²) in [6, 6.07) is 1.30. The second-order valence-electron chi connectivity index (χ2n) is 10.6. The van der Waals surface area contributed by atoms with Gasteiger partial charge in [-0.1, -0.05) is 46.5 Å². The van der Waals surface area contributed by atoms with Crippen molar-refractivity contribution in [1.82, 2.24) is 15.3 Å². The van der Waals surface area contributed by atoms with Crippen molar-refractivity contribution in [2.45, 2.75) is 111 Å². The van der Waals surface area contributed by atoms with Crippen LogP contribution in [0.15, 0.2) is 30.0 Å². The molecule has 0 amide bonds. The number of aromatic nitrogens is 2. The fourth-order valence-electron chi connectivity index (χ4n) is 3.86. The highest BCUT2D eigenvalue weighted by atomic mass is 19.1. The van der Waals surface area contributed by atoms with Gasteiger partial charge in [-0.25, -0.2) is 18.2 Å². The van der Waals surface area contributed by atoms with Gasteiger partial charge in [0.2, 0.25) is 5.95 Å². The molecule has 5 unspecified atom stereocenters. The number of allylic oxidation sites excluding steroid dienone is 3. The van der Waals surface area contributed by atoms with Crippen LogP contribution in [-0.4, -0.2) is 46.2 Å². The first-order chi connectivity index (χ1) is 18.9. The third kappa shape index (κ3) is 13.0. The van der Waals surface area contributed by atoms with Gasteiger partial charge in [-0.15, -0.1) is 0 Å². The largest absolute Gasteiger partial charge is 0.393 e. The SMILES string of the molecule is CCC(C)C#N.CCC(C)CN1c2nc(N)ncc2NC1NC(C)/C(F)=C\C(F)=C/C(C)F.OC1CCCCC1. The molecule has 5 atom stereocenters. The Labute approximate surface area is 237 Å². The van der Waals surface area contributed by atoms with Gasteiger partial charge < -0.3 is 21.1 Å². The summed E-state index contributed by atoms with van der Waals surface area (Å²) in [5, 5.41) is 23.2. The van der Waals surface area contributed by atoms with Crippen LogP contribution in [0, 0.1) is 23.2 Å². The summed E-state index contributed by atoms with van der Waals surface area (Å²) in [4.78, 5) is 10.2. The van der Waals surface area contributed by atoms with Crippen LogP contribution in [0.4, 0.5) is 30.6 Å². The average molecular weight is 568 g/mol. The number of hydrogen-bond acceptors (Lipinski definition) is 8. The number of rotatable bonds is 9. The molecule has 40 heavy (non-hydrogen) atoms. The first-order valence-electron chi connectivity index (χ1n) is 14.3. The molecule has 1 fully saturated rings. The molecule has 0 aromatic carbocycles. The Morgan fingerprint density at radius 2 is 1.88 bits per heavy atom. The summed E-state index contributed by atoms with van der Waals surface area (Å²) in [7, 11) is 0. The molecule has 8 nitrogen and oxygen atoms in total. The second kappa shape index (κ2) is 18.5. The lowest BCUT2D eigenvalue weighted by Gasteiger charge is -2.30. The maximum Gasteiger partial charge on any atom is 0.222 e. The number of aliphatic hydroxyl groups is 1. The van der Waals surface area contributed by atoms with Crippen molar-refractivity contribution in [3.05, 3.63) is 30.0 Å². The number of hydrogen-bond donors (Lipinski definition) is 4. The summed E-state index contributed by atoms with van der Waals surface area (Å²) in [6.07, 6.45) is 8.87. The van der Waals surface area contributed by atoms with Gasteiger partial charge in [0.05, 0.1) is 30.1 Å². The Kier molecular flexibility index (Phi) is 16.3. The molecule has 2 aliphatic rings. The zero-order valence-corrected chi connectivity index (χ0v) is 24.8. The lowest BCUT2D eigenvalue weighted by molar-refractivity contribution is 0.130. The number of nitrogens with two attached hydrogens (primary N) is 1. The number of alkyl halides is 1. The van der Waals surface area contributed by atoms with Crippen molar-refractivity contribution in [1.29, 1.82) is 5.26 Å². The number of anilines is 3. The third-order valence-electron chi connectivity index (χ3n) is 6.76. The van der Waals surface area contributed by atoms with Crippen LogP contribution in [-0.2, 0) is 0 Å². The van der Waals surface area contributed by atoms with Crippen LogP contribution in [0.5, 0.6) is 0 Å². The number of nitrogens with zero attached hydrogens (tertiary/aromatic N) is 4. The van der Waals surface area contributed by atoms with Gasteiger partial charge in [0.15, 0.2) is 12.1 Å². The normalized spacial score (nSPS) is 20.4. The highest BCUT2D eigenvalue weighted by molar-refractivity contribution is 5.72. The molecule has 1 aliphatic carbocycles. The van der Waals surface area contributed by atoms with Gasteiger partial charge in [-0.05, 0) is 52.0 Å². The summed E-state index contributed by atoms with van der Waals surface area (Å²) < 4.78 is 40.6. The topological polar surface area (TPSA) is 123 Å². The van der Waals surface area contributed by atoms with Gasteiger partial charge >= 0.3 is 0 Å². The van der Waals surface area contributed by atoms with Crippen LogP contribution in [0.25, 0.3) is 0 Å². The summed E-state index contributed by atoms with van der Waals surface area (Å²) in [6.45, 7) is 11.5. The number of nitrogen functional groups attached to an aromatic ring is 1. The zero-order chi connectivity index (χ0) is 30.2. The minimum absolute atomic E-state index is 0.0359. The number of fused-ring (bicyclic) bond motifs is 1. The van der Waals surface area contributed by atoms with Gasteiger partial charge in [0.25, 0.3) is 0 Å². The lowest BCUT2D eigenvalue weighted by Crippen LogP contribution is -2.52. The maximum absolute atomic E-state index is 14.3. The van der Waals surface area contributed by atoms with Gasteiger partial charge in [-0.3, -0.25) is 5.32 Å². The number of aliphatic hydroxyl groups excluding tert-OH is 1. The first-order valence-corrected chi connectivity index (χ1v) is 14.3. The molecule has 0 spiro atoms. The smallest absolute Gasteiger partial charge is 0.222 e. The van der Waals surface area contributed by atoms with Crippen LogP contribution in [0.1, 0.15) is 86.5 Å². The van der Waals surface area contributed by atoms with E-state index in [1.54, 1.807) is 13.1 Å². The Morgan fingerprint density at radius 3 is 2.35 bits per heavy atom. The molecule has 0 saturated heterocycles. The van der Waals surface area contributed by atoms with Crippen molar-refractivity contribution in [2.24, 2.45) is 11.8 Å². The van der Waals surface area contributed by atoms with Crippen molar-refractivity contribution in [2.75, 3.05) is 22.5 Å². The molecule has 226 valence electrons. The van der Waals surface area contributed by atoms with E-state index in [-0.39, 0.29) is 18.0 Å². The number of nitriles is 1. The number of nitrogens with one attached hydrogen (secondary N) is 2. The van der Waals surface area contributed by atoms with E-state index in [1.165, 1.54) is 26.2 Å². The third-order valence-corrected chi connectivity index (χ3v) is 6.76. The molecule has 5 N–H and O–H groups in total. The fraction of sp³-hybridized carbons (Fsp3) is 0.690. The molecule has 1 saturated carbocycles. The van der Waals surface area contributed by atoms with E-state index in [4.69, 9.17) is 16.1 Å². The molecule has 11 heteroatoms. The monoisotopic (exact) mass is 567 g/mol. The van der Waals surface area contributed by atoms with Crippen LogP contribution in [0.3, 0.4) is 0 Å². The quantitative estimate of drug-likeness (QED) is 0.248. The zero-order valence-electron chi connectivity index (χ0n) is 24.8. The molecule has 0 radical (unpaired) electrons. The van der Waals surface area contributed by atoms with E-state index in [9.17, 15) is 13.2 Å². The van der Waals surface area contributed by atoms with E-state index >= 15 is 0 Å². The minimum atomic E-state index is -1.49. The van der Waals surface area contributed by atoms with Crippen molar-refractivity contribution in [3.63, 3.8) is 0 Å². The summed E-state index contributed by atoms with van der Waals surface area (Å²) in [5.41, 5.74) is 6.38. The molecular formula is C29H48F3N7O. The predicted molar refractivity (Wildman–Crippen MR) is 156 cm³/mol. The average Bonchev–Trinajstić information content (AvgIpc) is 3.24. The highest BCUT2D eigenvalue weighted by Gasteiger charge is 2.32. The lowest BCUT2D eigenvalue weighted by atomic mass is 9.98. The number of halogens is 3. The van der Waals surface area contributed by atoms with E-state index in [0.717, 1.165) is 25.7 Å². The van der Waals surface area contributed by atoms with Crippen LogP contribution >= 0.6 is 0 Å². The summed E-state index contributed by atoms with van der Waals surface area (Å²) >= 11 is 0. The minimum Gasteiger partial charge on any atom is -0.393 e.